The van der Waals surface area contributed by atoms with Gasteiger partial charge in [0.05, 0.1) is 0 Å². The highest BCUT2D eigenvalue weighted by Crippen LogP contribution is 2.48. The van der Waals surface area contributed by atoms with Gasteiger partial charge in [0.15, 0.2) is 0 Å². The van der Waals surface area contributed by atoms with E-state index in [4.69, 9.17) is 10.5 Å². The van der Waals surface area contributed by atoms with E-state index in [-0.39, 0.29) is 11.6 Å². The highest BCUT2D eigenvalue weighted by Gasteiger charge is 2.44. The smallest absolute Gasteiger partial charge is 0.125 e. The molecule has 1 heterocycles. The van der Waals surface area contributed by atoms with E-state index in [9.17, 15) is 0 Å². The van der Waals surface area contributed by atoms with Gasteiger partial charge in [0.1, 0.15) is 11.4 Å². The molecule has 1 aromatic carbocycles. The molecule has 80 valence electrons. The molecule has 1 spiro atoms. The Balaban J connectivity index is 2.01. The zero-order valence-electron chi connectivity index (χ0n) is 9.12. The number of nitrogens with two attached hydrogens (primary N) is 1. The van der Waals surface area contributed by atoms with Gasteiger partial charge in [0.2, 0.25) is 0 Å². The molecule has 0 aromatic heterocycles. The molecule has 0 saturated heterocycles. The van der Waals surface area contributed by atoms with Crippen LogP contribution in [0.25, 0.3) is 0 Å². The van der Waals surface area contributed by atoms with Gasteiger partial charge < -0.3 is 10.5 Å². The van der Waals surface area contributed by atoms with E-state index < -0.39 is 0 Å². The summed E-state index contributed by atoms with van der Waals surface area (Å²) in [7, 11) is 0. The lowest BCUT2D eigenvalue weighted by Crippen LogP contribution is -2.48. The van der Waals surface area contributed by atoms with Crippen molar-refractivity contribution in [1.29, 1.82) is 0 Å². The van der Waals surface area contributed by atoms with Crippen LogP contribution >= 0.6 is 0 Å². The average Bonchev–Trinajstić information content (AvgIpc) is 2.14. The lowest BCUT2D eigenvalue weighted by Gasteiger charge is -2.47. The summed E-state index contributed by atoms with van der Waals surface area (Å²) in [6, 6.07) is 6.51. The molecule has 1 aliphatic carbocycles. The van der Waals surface area contributed by atoms with Crippen LogP contribution in [0.3, 0.4) is 0 Å². The quantitative estimate of drug-likeness (QED) is 0.703. The van der Waals surface area contributed by atoms with Gasteiger partial charge in [-0.25, -0.2) is 0 Å². The van der Waals surface area contributed by atoms with Crippen molar-refractivity contribution in [2.75, 3.05) is 0 Å². The molecule has 1 fully saturated rings. The lowest BCUT2D eigenvalue weighted by atomic mass is 9.73. The molecule has 1 saturated carbocycles. The van der Waals surface area contributed by atoms with Crippen LogP contribution in [0.5, 0.6) is 5.75 Å². The highest BCUT2D eigenvalue weighted by atomic mass is 16.5. The average molecular weight is 203 g/mol. The molecule has 1 aliphatic heterocycles. The van der Waals surface area contributed by atoms with Crippen LogP contribution in [-0.2, 0) is 0 Å². The minimum absolute atomic E-state index is 0.0835. The number of aryl methyl sites for hydroxylation is 1. The summed E-state index contributed by atoms with van der Waals surface area (Å²) in [5.41, 5.74) is 8.71. The van der Waals surface area contributed by atoms with Gasteiger partial charge in [-0.1, -0.05) is 12.1 Å². The Morgan fingerprint density at radius 1 is 1.40 bits per heavy atom. The third kappa shape index (κ3) is 1.36. The first-order valence-electron chi connectivity index (χ1n) is 5.74. The molecule has 1 aromatic rings. The fourth-order valence-electron chi connectivity index (χ4n) is 2.70. The standard InChI is InChI=1S/C13H17NO/c1-9-3-4-10-11(14)8-13(5-2-6-13)15-12(10)7-9/h3-4,7,11H,2,5-6,8,14H2,1H3. The zero-order chi connectivity index (χ0) is 10.5. The lowest BCUT2D eigenvalue weighted by molar-refractivity contribution is -0.0329. The van der Waals surface area contributed by atoms with Gasteiger partial charge in [-0.15, -0.1) is 0 Å². The van der Waals surface area contributed by atoms with Crippen molar-refractivity contribution in [3.05, 3.63) is 29.3 Å². The Labute approximate surface area is 90.4 Å². The number of rotatable bonds is 0. The molecule has 1 unspecified atom stereocenters. The number of benzene rings is 1. The number of ether oxygens (including phenoxy) is 1. The van der Waals surface area contributed by atoms with Crippen molar-refractivity contribution in [1.82, 2.24) is 0 Å². The predicted octanol–water partition coefficient (Wildman–Crippen LogP) is 2.70. The molecule has 2 nitrogen and oxygen atoms in total. The second kappa shape index (κ2) is 2.99. The predicted molar refractivity (Wildman–Crippen MR) is 59.9 cm³/mol. The Kier molecular flexibility index (Phi) is 1.84. The molecule has 0 amide bonds. The first-order valence-corrected chi connectivity index (χ1v) is 5.74. The van der Waals surface area contributed by atoms with Crippen molar-refractivity contribution in [2.24, 2.45) is 5.73 Å². The van der Waals surface area contributed by atoms with Crippen LogP contribution in [0.1, 0.15) is 42.9 Å². The molecule has 15 heavy (non-hydrogen) atoms. The van der Waals surface area contributed by atoms with E-state index in [1.54, 1.807) is 0 Å². The van der Waals surface area contributed by atoms with Gasteiger partial charge in [-0.05, 0) is 37.8 Å². The van der Waals surface area contributed by atoms with Crippen molar-refractivity contribution >= 4 is 0 Å². The number of fused-ring (bicyclic) bond motifs is 1. The molecule has 2 heteroatoms. The molecule has 1 atom stereocenters. The van der Waals surface area contributed by atoms with Crippen LogP contribution < -0.4 is 10.5 Å². The fourth-order valence-corrected chi connectivity index (χ4v) is 2.70. The van der Waals surface area contributed by atoms with Gasteiger partial charge >= 0.3 is 0 Å². The van der Waals surface area contributed by atoms with Gasteiger partial charge in [0.25, 0.3) is 0 Å². The van der Waals surface area contributed by atoms with Crippen LogP contribution in [-0.4, -0.2) is 5.60 Å². The van der Waals surface area contributed by atoms with Gasteiger partial charge in [0, 0.05) is 18.0 Å². The minimum atomic E-state index is 0.0835. The van der Waals surface area contributed by atoms with E-state index in [1.807, 2.05) is 0 Å². The Morgan fingerprint density at radius 3 is 2.87 bits per heavy atom. The van der Waals surface area contributed by atoms with E-state index >= 15 is 0 Å². The first-order chi connectivity index (χ1) is 7.19. The summed E-state index contributed by atoms with van der Waals surface area (Å²) >= 11 is 0. The van der Waals surface area contributed by atoms with Crippen molar-refractivity contribution < 1.29 is 4.74 Å². The van der Waals surface area contributed by atoms with Gasteiger partial charge in [-0.2, -0.15) is 0 Å². The van der Waals surface area contributed by atoms with Crippen LogP contribution in [0.15, 0.2) is 18.2 Å². The summed E-state index contributed by atoms with van der Waals surface area (Å²) in [5.74, 6) is 1.02. The van der Waals surface area contributed by atoms with E-state index in [0.717, 1.165) is 12.2 Å². The molecule has 3 rings (SSSR count). The molecule has 0 bridgehead atoms. The zero-order valence-corrected chi connectivity index (χ0v) is 9.12. The molecular formula is C13H17NO. The monoisotopic (exact) mass is 203 g/mol. The SMILES string of the molecule is Cc1ccc2c(c1)OC1(CCC1)CC2N. The molecular weight excluding hydrogens is 186 g/mol. The summed E-state index contributed by atoms with van der Waals surface area (Å²) in [6.07, 6.45) is 4.62. The highest BCUT2D eigenvalue weighted by molar-refractivity contribution is 5.42. The molecule has 0 radical (unpaired) electrons. The normalized spacial score (nSPS) is 26.7. The molecule has 2 N–H and O–H groups in total. The second-order valence-electron chi connectivity index (χ2n) is 4.99. The van der Waals surface area contributed by atoms with Crippen molar-refractivity contribution in [3.8, 4) is 5.75 Å². The number of hydrogen-bond donors (Lipinski definition) is 1. The Bertz CT molecular complexity index is 396. The minimum Gasteiger partial charge on any atom is -0.487 e. The van der Waals surface area contributed by atoms with E-state index in [1.165, 1.54) is 30.4 Å². The van der Waals surface area contributed by atoms with E-state index in [0.29, 0.717) is 0 Å². The van der Waals surface area contributed by atoms with Crippen molar-refractivity contribution in [2.45, 2.75) is 44.2 Å². The molecule has 2 aliphatic rings. The van der Waals surface area contributed by atoms with Crippen LogP contribution in [0.2, 0.25) is 0 Å². The summed E-state index contributed by atoms with van der Waals surface area (Å²) in [6.45, 7) is 2.09. The topological polar surface area (TPSA) is 35.2 Å². The van der Waals surface area contributed by atoms with Crippen LogP contribution in [0.4, 0.5) is 0 Å². The Morgan fingerprint density at radius 2 is 2.20 bits per heavy atom. The van der Waals surface area contributed by atoms with Crippen LogP contribution in [0, 0.1) is 6.92 Å². The fraction of sp³-hybridized carbons (Fsp3) is 0.538. The third-order valence-corrected chi connectivity index (χ3v) is 3.75. The largest absolute Gasteiger partial charge is 0.487 e. The maximum atomic E-state index is 6.20. The van der Waals surface area contributed by atoms with Crippen molar-refractivity contribution in [3.63, 3.8) is 0 Å². The third-order valence-electron chi connectivity index (χ3n) is 3.75. The first kappa shape index (κ1) is 9.22. The maximum Gasteiger partial charge on any atom is 0.125 e. The van der Waals surface area contributed by atoms with Gasteiger partial charge in [-0.3, -0.25) is 0 Å². The van der Waals surface area contributed by atoms with E-state index in [2.05, 4.69) is 25.1 Å². The Hall–Kier alpha value is -1.02. The number of hydrogen-bond acceptors (Lipinski definition) is 2. The summed E-state index contributed by atoms with van der Waals surface area (Å²) in [4.78, 5) is 0. The summed E-state index contributed by atoms with van der Waals surface area (Å²) < 4.78 is 6.13. The maximum absolute atomic E-state index is 6.20. The summed E-state index contributed by atoms with van der Waals surface area (Å²) in [5, 5.41) is 0. The second-order valence-corrected chi connectivity index (χ2v) is 4.99.